The first-order valence-electron chi connectivity index (χ1n) is 9.44. The monoisotopic (exact) mass is 426 g/mol. The van der Waals surface area contributed by atoms with Crippen LogP contribution in [-0.2, 0) is 9.53 Å². The highest BCUT2D eigenvalue weighted by Gasteiger charge is 2.22. The molecule has 30 heavy (non-hydrogen) atoms. The Labute approximate surface area is 178 Å². The molecule has 0 aliphatic rings. The van der Waals surface area contributed by atoms with Crippen molar-refractivity contribution in [2.75, 3.05) is 20.2 Å². The maximum atomic E-state index is 12.3. The Morgan fingerprint density at radius 2 is 2.13 bits per heavy atom. The molecule has 156 valence electrons. The molecule has 3 rings (SSSR count). The van der Waals surface area contributed by atoms with E-state index >= 15 is 0 Å². The number of aliphatic hydroxyl groups is 1. The molecular weight excluding hydrogens is 404 g/mol. The molecule has 1 amide bonds. The van der Waals surface area contributed by atoms with Crippen LogP contribution in [0.15, 0.2) is 24.3 Å². The van der Waals surface area contributed by atoms with Crippen LogP contribution in [0.4, 0.5) is 0 Å². The maximum absolute atomic E-state index is 12.3. The second-order valence-electron chi connectivity index (χ2n) is 6.44. The first kappa shape index (κ1) is 21.5. The Bertz CT molecular complexity index is 1150. The van der Waals surface area contributed by atoms with Gasteiger partial charge in [-0.2, -0.15) is 5.10 Å². The third-order valence-electron chi connectivity index (χ3n) is 4.33. The van der Waals surface area contributed by atoms with E-state index in [2.05, 4.69) is 21.9 Å². The molecule has 8 nitrogen and oxygen atoms in total. The van der Waals surface area contributed by atoms with Crippen molar-refractivity contribution in [3.8, 4) is 17.5 Å². The van der Waals surface area contributed by atoms with E-state index in [0.29, 0.717) is 28.1 Å². The summed E-state index contributed by atoms with van der Waals surface area (Å²) in [4.78, 5) is 30.2. The Balaban J connectivity index is 1.97. The number of carbonyl (C=O) groups excluding carboxylic acids is 2. The van der Waals surface area contributed by atoms with Crippen molar-refractivity contribution in [1.82, 2.24) is 19.7 Å². The maximum Gasteiger partial charge on any atom is 0.360 e. The third-order valence-corrected chi connectivity index (χ3v) is 5.30. The summed E-state index contributed by atoms with van der Waals surface area (Å²) in [5, 5.41) is 15.2. The lowest BCUT2D eigenvalue weighted by atomic mass is 10.2. The van der Waals surface area contributed by atoms with E-state index in [4.69, 9.17) is 4.74 Å². The molecule has 0 radical (unpaired) electrons. The minimum Gasteiger partial charge on any atom is -0.461 e. The number of fused-ring (bicyclic) bond motifs is 1. The molecule has 1 N–H and O–H groups in total. The van der Waals surface area contributed by atoms with Gasteiger partial charge in [0.2, 0.25) is 0 Å². The van der Waals surface area contributed by atoms with E-state index in [1.165, 1.54) is 16.2 Å². The van der Waals surface area contributed by atoms with E-state index in [1.54, 1.807) is 36.9 Å². The normalized spacial score (nSPS) is 11.6. The molecule has 0 bridgehead atoms. The minimum absolute atomic E-state index is 0.220. The predicted molar refractivity (Wildman–Crippen MR) is 114 cm³/mol. The summed E-state index contributed by atoms with van der Waals surface area (Å²) in [5.74, 6) is 4.44. The predicted octanol–water partition coefficient (Wildman–Crippen LogP) is 2.16. The molecule has 2 heterocycles. The number of aryl methyl sites for hydroxylation is 1. The van der Waals surface area contributed by atoms with E-state index in [9.17, 15) is 14.7 Å². The second-order valence-corrected chi connectivity index (χ2v) is 7.64. The average molecular weight is 426 g/mol. The van der Waals surface area contributed by atoms with Gasteiger partial charge in [-0.3, -0.25) is 4.79 Å². The molecular formula is C21H22N4O4S. The number of aliphatic hydroxyl groups excluding tert-OH is 1. The number of amides is 1. The quantitative estimate of drug-likeness (QED) is 0.496. The van der Waals surface area contributed by atoms with Crippen LogP contribution in [0, 0.1) is 18.8 Å². The minimum atomic E-state index is -1.40. The molecule has 0 saturated heterocycles. The Morgan fingerprint density at radius 1 is 1.37 bits per heavy atom. The summed E-state index contributed by atoms with van der Waals surface area (Å²) in [6, 6.07) is 7.11. The lowest BCUT2D eigenvalue weighted by molar-refractivity contribution is -0.135. The van der Waals surface area contributed by atoms with Gasteiger partial charge >= 0.3 is 5.97 Å². The van der Waals surface area contributed by atoms with Gasteiger partial charge in [0.25, 0.3) is 5.91 Å². The number of benzene rings is 1. The van der Waals surface area contributed by atoms with E-state index in [0.717, 1.165) is 5.01 Å². The van der Waals surface area contributed by atoms with Gasteiger partial charge in [-0.25, -0.2) is 14.5 Å². The number of rotatable bonds is 5. The molecule has 1 atom stereocenters. The Morgan fingerprint density at radius 3 is 2.83 bits per heavy atom. The number of carbonyl (C=O) groups is 2. The van der Waals surface area contributed by atoms with Crippen LogP contribution in [0.1, 0.15) is 34.9 Å². The van der Waals surface area contributed by atoms with Crippen LogP contribution < -0.4 is 0 Å². The fourth-order valence-electron chi connectivity index (χ4n) is 2.71. The van der Waals surface area contributed by atoms with Gasteiger partial charge in [-0.05, 0) is 39.0 Å². The molecule has 1 unspecified atom stereocenters. The molecule has 9 heteroatoms. The van der Waals surface area contributed by atoms with Crippen LogP contribution >= 0.6 is 11.3 Å². The van der Waals surface area contributed by atoms with Gasteiger partial charge in [0.05, 0.1) is 17.3 Å². The SMILES string of the molecule is CCOC(=O)c1nn(-c2cccc(C#CC(O)C(=O)N(C)CC)c2)c2nc(C)sc12. The molecule has 3 aromatic rings. The van der Waals surface area contributed by atoms with E-state index in [1.807, 2.05) is 19.9 Å². The molecule has 0 spiro atoms. The zero-order valence-electron chi connectivity index (χ0n) is 17.2. The van der Waals surface area contributed by atoms with Crippen molar-refractivity contribution < 1.29 is 19.4 Å². The van der Waals surface area contributed by atoms with Crippen LogP contribution in [0.3, 0.4) is 0 Å². The average Bonchev–Trinajstić information content (AvgIpc) is 3.28. The van der Waals surface area contributed by atoms with Gasteiger partial charge < -0.3 is 14.7 Å². The molecule has 0 aliphatic heterocycles. The summed E-state index contributed by atoms with van der Waals surface area (Å²) in [6.07, 6.45) is -1.40. The third kappa shape index (κ3) is 4.35. The fraction of sp³-hybridized carbons (Fsp3) is 0.333. The number of esters is 1. The molecule has 0 saturated carbocycles. The van der Waals surface area contributed by atoms with Gasteiger partial charge in [0.1, 0.15) is 4.70 Å². The van der Waals surface area contributed by atoms with Crippen molar-refractivity contribution in [1.29, 1.82) is 0 Å². The van der Waals surface area contributed by atoms with Gasteiger partial charge in [-0.15, -0.1) is 11.3 Å². The van der Waals surface area contributed by atoms with Crippen molar-refractivity contribution in [2.45, 2.75) is 26.9 Å². The zero-order valence-corrected chi connectivity index (χ0v) is 18.0. The zero-order chi connectivity index (χ0) is 21.8. The first-order chi connectivity index (χ1) is 14.3. The summed E-state index contributed by atoms with van der Waals surface area (Å²) < 4.78 is 7.34. The number of ether oxygens (including phenoxy) is 1. The van der Waals surface area contributed by atoms with E-state index < -0.39 is 18.0 Å². The smallest absolute Gasteiger partial charge is 0.360 e. The molecule has 2 aromatic heterocycles. The van der Waals surface area contributed by atoms with E-state index in [-0.39, 0.29) is 12.3 Å². The number of hydrogen-bond donors (Lipinski definition) is 1. The van der Waals surface area contributed by atoms with Crippen LogP contribution in [0.5, 0.6) is 0 Å². The topological polar surface area (TPSA) is 97.5 Å². The van der Waals surface area contributed by atoms with Gasteiger partial charge in [0, 0.05) is 19.2 Å². The summed E-state index contributed by atoms with van der Waals surface area (Å²) in [5.41, 5.74) is 2.02. The Hall–Kier alpha value is -3.22. The van der Waals surface area contributed by atoms with Crippen LogP contribution in [0.25, 0.3) is 16.0 Å². The number of nitrogens with zero attached hydrogens (tertiary/aromatic N) is 4. The summed E-state index contributed by atoms with van der Waals surface area (Å²) >= 11 is 1.38. The highest BCUT2D eigenvalue weighted by molar-refractivity contribution is 7.18. The highest BCUT2D eigenvalue weighted by atomic mass is 32.1. The molecule has 1 aromatic carbocycles. The van der Waals surface area contributed by atoms with Crippen molar-refractivity contribution >= 4 is 33.6 Å². The van der Waals surface area contributed by atoms with Crippen molar-refractivity contribution in [2.24, 2.45) is 0 Å². The number of thiazole rings is 1. The number of aromatic nitrogens is 3. The fourth-order valence-corrected chi connectivity index (χ4v) is 3.58. The molecule has 0 fully saturated rings. The number of likely N-dealkylation sites (N-methyl/N-ethyl adjacent to an activating group) is 1. The second kappa shape index (κ2) is 9.07. The van der Waals surface area contributed by atoms with Crippen molar-refractivity contribution in [3.05, 3.63) is 40.5 Å². The Kier molecular flexibility index (Phi) is 6.50. The number of hydrogen-bond acceptors (Lipinski definition) is 7. The lowest BCUT2D eigenvalue weighted by Crippen LogP contribution is -2.35. The van der Waals surface area contributed by atoms with Gasteiger partial charge in [0.15, 0.2) is 17.4 Å². The molecule has 0 aliphatic carbocycles. The standard InChI is InChI=1S/C21H22N4O4S/c1-5-24(4)20(27)16(26)11-10-14-8-7-9-15(12-14)25-19-18(30-13(3)22-19)17(23-25)21(28)29-6-2/h7-9,12,16,26H,5-6H2,1-4H3. The van der Waals surface area contributed by atoms with Crippen molar-refractivity contribution in [3.63, 3.8) is 0 Å². The van der Waals surface area contributed by atoms with Gasteiger partial charge in [-0.1, -0.05) is 17.9 Å². The van der Waals surface area contributed by atoms with Crippen LogP contribution in [0.2, 0.25) is 0 Å². The summed E-state index contributed by atoms with van der Waals surface area (Å²) in [6.45, 7) is 6.15. The first-order valence-corrected chi connectivity index (χ1v) is 10.3. The largest absolute Gasteiger partial charge is 0.461 e. The lowest BCUT2D eigenvalue weighted by Gasteiger charge is -2.15. The van der Waals surface area contributed by atoms with Crippen LogP contribution in [-0.4, -0.2) is 63.0 Å². The summed E-state index contributed by atoms with van der Waals surface area (Å²) in [7, 11) is 1.60. The highest BCUT2D eigenvalue weighted by Crippen LogP contribution is 2.28.